The highest BCUT2D eigenvalue weighted by atomic mass is 19.4. The lowest BCUT2D eigenvalue weighted by Crippen LogP contribution is -2.24. The first-order chi connectivity index (χ1) is 11.2. The van der Waals surface area contributed by atoms with E-state index in [2.05, 4.69) is 14.7 Å². The summed E-state index contributed by atoms with van der Waals surface area (Å²) in [5.74, 6) is -2.95. The van der Waals surface area contributed by atoms with Gasteiger partial charge in [-0.1, -0.05) is 0 Å². The molecular formula is C14H11F3N4O3. The average molecular weight is 340 g/mol. The van der Waals surface area contributed by atoms with Crippen LogP contribution in [-0.4, -0.2) is 28.1 Å². The highest BCUT2D eigenvalue weighted by Crippen LogP contribution is 2.31. The second-order valence-corrected chi connectivity index (χ2v) is 4.61. The number of aromatic nitrogens is 2. The van der Waals surface area contributed by atoms with Crippen molar-refractivity contribution in [2.45, 2.75) is 12.8 Å². The van der Waals surface area contributed by atoms with Gasteiger partial charge in [0.1, 0.15) is 5.75 Å². The van der Waals surface area contributed by atoms with Crippen molar-refractivity contribution in [3.63, 3.8) is 0 Å². The number of benzene rings is 1. The summed E-state index contributed by atoms with van der Waals surface area (Å²) in [6.07, 6.45) is -1.16. The number of halogens is 3. The molecule has 2 amide bonds. The molecule has 1 aromatic heterocycles. The van der Waals surface area contributed by atoms with E-state index >= 15 is 0 Å². The first kappa shape index (κ1) is 17.2. The van der Waals surface area contributed by atoms with Crippen molar-refractivity contribution < 1.29 is 27.5 Å². The summed E-state index contributed by atoms with van der Waals surface area (Å²) in [7, 11) is 0. The number of alkyl halides is 3. The van der Waals surface area contributed by atoms with Crippen LogP contribution in [0.2, 0.25) is 0 Å². The zero-order valence-electron chi connectivity index (χ0n) is 12.0. The fraction of sp³-hybridized carbons (Fsp3) is 0.143. The fourth-order valence-electron chi connectivity index (χ4n) is 2.12. The number of hydrogen-bond donors (Lipinski definition) is 2. The Morgan fingerprint density at radius 3 is 2.33 bits per heavy atom. The van der Waals surface area contributed by atoms with Gasteiger partial charge in [0.25, 0.3) is 5.91 Å². The van der Waals surface area contributed by atoms with Crippen LogP contribution in [0.3, 0.4) is 0 Å². The van der Waals surface area contributed by atoms with Gasteiger partial charge in [-0.15, -0.1) is 13.2 Å². The maximum Gasteiger partial charge on any atom is 0.573 e. The number of carbonyl (C=O) groups is 2. The summed E-state index contributed by atoms with van der Waals surface area (Å²) in [5, 5.41) is 0. The molecule has 0 fully saturated rings. The van der Waals surface area contributed by atoms with Crippen molar-refractivity contribution in [2.24, 2.45) is 11.5 Å². The van der Waals surface area contributed by atoms with Crippen molar-refractivity contribution in [3.8, 4) is 5.75 Å². The fourth-order valence-corrected chi connectivity index (χ4v) is 2.12. The molecule has 126 valence electrons. The van der Waals surface area contributed by atoms with Gasteiger partial charge in [-0.05, 0) is 17.7 Å². The smallest absolute Gasteiger partial charge is 0.405 e. The third-order valence-corrected chi connectivity index (χ3v) is 2.99. The van der Waals surface area contributed by atoms with E-state index in [9.17, 15) is 22.8 Å². The first-order valence-corrected chi connectivity index (χ1v) is 6.45. The molecule has 10 heteroatoms. The van der Waals surface area contributed by atoms with Crippen molar-refractivity contribution in [1.82, 2.24) is 9.97 Å². The molecule has 1 aromatic carbocycles. The molecule has 0 saturated carbocycles. The van der Waals surface area contributed by atoms with E-state index in [1.165, 1.54) is 18.6 Å². The molecule has 1 heterocycles. The lowest BCUT2D eigenvalue weighted by Gasteiger charge is -2.17. The predicted molar refractivity (Wildman–Crippen MR) is 75.0 cm³/mol. The van der Waals surface area contributed by atoms with E-state index in [0.29, 0.717) is 5.69 Å². The molecule has 2 rings (SSSR count). The maximum atomic E-state index is 12.5. The Bertz CT molecular complexity index is 779. The molecule has 0 saturated heterocycles. The van der Waals surface area contributed by atoms with Crippen LogP contribution in [0.5, 0.6) is 5.75 Å². The predicted octanol–water partition coefficient (Wildman–Crippen LogP) is 1.16. The number of amides is 2. The number of ether oxygens (including phenoxy) is 1. The van der Waals surface area contributed by atoms with E-state index in [-0.39, 0.29) is 17.5 Å². The van der Waals surface area contributed by atoms with Gasteiger partial charge in [-0.3, -0.25) is 19.6 Å². The SMILES string of the molecule is NC(=O)c1ccc(OC(F)(F)F)c(C(N)=O)c1Cc1cnccn1. The third kappa shape index (κ3) is 3.97. The first-order valence-electron chi connectivity index (χ1n) is 6.45. The van der Waals surface area contributed by atoms with Gasteiger partial charge in [0, 0.05) is 30.6 Å². The van der Waals surface area contributed by atoms with Crippen LogP contribution in [0.15, 0.2) is 30.7 Å². The van der Waals surface area contributed by atoms with E-state index in [1.54, 1.807) is 0 Å². The molecule has 0 aliphatic rings. The van der Waals surface area contributed by atoms with Gasteiger partial charge >= 0.3 is 6.36 Å². The minimum atomic E-state index is -5.04. The van der Waals surface area contributed by atoms with E-state index in [0.717, 1.165) is 12.1 Å². The Hall–Kier alpha value is -3.17. The van der Waals surface area contributed by atoms with E-state index in [4.69, 9.17) is 11.5 Å². The van der Waals surface area contributed by atoms with E-state index < -0.39 is 29.5 Å². The zero-order valence-corrected chi connectivity index (χ0v) is 12.0. The quantitative estimate of drug-likeness (QED) is 0.846. The van der Waals surface area contributed by atoms with Crippen LogP contribution in [-0.2, 0) is 6.42 Å². The van der Waals surface area contributed by atoms with E-state index in [1.807, 2.05) is 0 Å². The van der Waals surface area contributed by atoms with Crippen LogP contribution >= 0.6 is 0 Å². The Morgan fingerprint density at radius 2 is 1.83 bits per heavy atom. The maximum absolute atomic E-state index is 12.5. The average Bonchev–Trinajstić information content (AvgIpc) is 2.46. The van der Waals surface area contributed by atoms with Gasteiger partial charge in [0.2, 0.25) is 5.91 Å². The van der Waals surface area contributed by atoms with Crippen LogP contribution in [0.25, 0.3) is 0 Å². The van der Waals surface area contributed by atoms with Gasteiger partial charge in [0.15, 0.2) is 0 Å². The van der Waals surface area contributed by atoms with Gasteiger partial charge in [0.05, 0.1) is 11.3 Å². The van der Waals surface area contributed by atoms with Crippen molar-refractivity contribution in [2.75, 3.05) is 0 Å². The highest BCUT2D eigenvalue weighted by molar-refractivity contribution is 6.03. The minimum absolute atomic E-state index is 0.114. The number of rotatable bonds is 5. The Morgan fingerprint density at radius 1 is 1.12 bits per heavy atom. The van der Waals surface area contributed by atoms with Crippen LogP contribution in [0, 0.1) is 0 Å². The molecule has 0 aliphatic heterocycles. The molecule has 0 spiro atoms. The summed E-state index contributed by atoms with van der Waals surface area (Å²) in [4.78, 5) is 31.0. The molecule has 0 atom stereocenters. The summed E-state index contributed by atoms with van der Waals surface area (Å²) < 4.78 is 41.4. The normalized spacial score (nSPS) is 11.1. The lowest BCUT2D eigenvalue weighted by molar-refractivity contribution is -0.274. The molecule has 0 bridgehead atoms. The number of nitrogens with two attached hydrogens (primary N) is 2. The Balaban J connectivity index is 2.64. The summed E-state index contributed by atoms with van der Waals surface area (Å²) in [5.41, 5.74) is 9.84. The molecule has 4 N–H and O–H groups in total. The summed E-state index contributed by atoms with van der Waals surface area (Å²) in [6, 6.07) is 1.84. The lowest BCUT2D eigenvalue weighted by atomic mass is 9.95. The number of primary amides is 2. The molecule has 0 unspecified atom stereocenters. The van der Waals surface area contributed by atoms with Gasteiger partial charge in [-0.2, -0.15) is 0 Å². The molecule has 0 aliphatic carbocycles. The molecule has 0 radical (unpaired) electrons. The monoisotopic (exact) mass is 340 g/mol. The van der Waals surface area contributed by atoms with Crippen LogP contribution in [0.1, 0.15) is 32.0 Å². The zero-order chi connectivity index (χ0) is 17.9. The second-order valence-electron chi connectivity index (χ2n) is 4.61. The Kier molecular flexibility index (Phi) is 4.67. The van der Waals surface area contributed by atoms with Crippen molar-refractivity contribution in [1.29, 1.82) is 0 Å². The third-order valence-electron chi connectivity index (χ3n) is 2.99. The van der Waals surface area contributed by atoms with Crippen molar-refractivity contribution >= 4 is 11.8 Å². The largest absolute Gasteiger partial charge is 0.573 e. The van der Waals surface area contributed by atoms with Crippen LogP contribution in [0.4, 0.5) is 13.2 Å². The summed E-state index contributed by atoms with van der Waals surface area (Å²) >= 11 is 0. The van der Waals surface area contributed by atoms with Gasteiger partial charge in [-0.25, -0.2) is 0 Å². The molecule has 24 heavy (non-hydrogen) atoms. The highest BCUT2D eigenvalue weighted by Gasteiger charge is 2.34. The minimum Gasteiger partial charge on any atom is -0.405 e. The van der Waals surface area contributed by atoms with Crippen LogP contribution < -0.4 is 16.2 Å². The summed E-state index contributed by atoms with van der Waals surface area (Å²) in [6.45, 7) is 0. The molecule has 7 nitrogen and oxygen atoms in total. The Labute approximate surface area is 133 Å². The topological polar surface area (TPSA) is 121 Å². The number of hydrogen-bond acceptors (Lipinski definition) is 5. The molecule has 2 aromatic rings. The standard InChI is InChI=1S/C14H11F3N4O3/c15-14(16,17)24-10-2-1-8(12(18)22)9(11(10)13(19)23)5-7-6-20-3-4-21-7/h1-4,6H,5H2,(H2,18,22)(H2,19,23). The number of carbonyl (C=O) groups excluding carboxylic acids is 2. The molecular weight excluding hydrogens is 329 g/mol. The number of nitrogens with zero attached hydrogens (tertiary/aromatic N) is 2. The second kappa shape index (κ2) is 6.52. The van der Waals surface area contributed by atoms with Gasteiger partial charge < -0.3 is 16.2 Å². The van der Waals surface area contributed by atoms with Crippen molar-refractivity contribution in [3.05, 3.63) is 53.1 Å².